The second-order valence-electron chi connectivity index (χ2n) is 6.94. The normalized spacial score (nSPS) is 17.9. The molecule has 7 nitrogen and oxygen atoms in total. The van der Waals surface area contributed by atoms with Gasteiger partial charge in [0, 0.05) is 6.54 Å². The van der Waals surface area contributed by atoms with E-state index in [-0.39, 0.29) is 16.4 Å². The van der Waals surface area contributed by atoms with E-state index in [4.69, 9.17) is 4.74 Å². The molecule has 2 aromatic carbocycles. The van der Waals surface area contributed by atoms with Gasteiger partial charge in [-0.3, -0.25) is 14.9 Å². The third-order valence-electron chi connectivity index (χ3n) is 5.06. The van der Waals surface area contributed by atoms with Gasteiger partial charge in [0.25, 0.3) is 5.24 Å². The Labute approximate surface area is 172 Å². The molecular weight excluding hydrogens is 392 g/mol. The van der Waals surface area contributed by atoms with Crippen molar-refractivity contribution in [3.8, 4) is 5.75 Å². The Morgan fingerprint density at radius 2 is 2.00 bits per heavy atom. The van der Waals surface area contributed by atoms with Gasteiger partial charge >= 0.3 is 5.97 Å². The summed E-state index contributed by atoms with van der Waals surface area (Å²) in [6.45, 7) is 1.81. The second-order valence-corrected chi connectivity index (χ2v) is 8.11. The van der Waals surface area contributed by atoms with Gasteiger partial charge < -0.3 is 14.7 Å². The summed E-state index contributed by atoms with van der Waals surface area (Å²) >= 11 is 1.02. The Hall–Kier alpha value is -3.00. The van der Waals surface area contributed by atoms with Crippen LogP contribution in [0.5, 0.6) is 5.75 Å². The zero-order chi connectivity index (χ0) is 20.4. The molecule has 1 saturated heterocycles. The Morgan fingerprint density at radius 3 is 2.69 bits per heavy atom. The van der Waals surface area contributed by atoms with Crippen LogP contribution in [-0.2, 0) is 17.6 Å². The van der Waals surface area contributed by atoms with E-state index in [1.807, 2.05) is 30.3 Å². The summed E-state index contributed by atoms with van der Waals surface area (Å²) in [5.41, 5.74) is 3.14. The number of fused-ring (bicyclic) bond motifs is 1. The minimum absolute atomic E-state index is 0.244. The molecule has 0 bridgehead atoms. The predicted molar refractivity (Wildman–Crippen MR) is 110 cm³/mol. The minimum Gasteiger partial charge on any atom is -0.492 e. The lowest BCUT2D eigenvalue weighted by molar-refractivity contribution is -0.118. The number of nitrogens with zero attached hydrogens (tertiary/aromatic N) is 1. The highest BCUT2D eigenvalue weighted by molar-refractivity contribution is 8.15. The van der Waals surface area contributed by atoms with E-state index in [1.165, 1.54) is 0 Å². The fourth-order valence-electron chi connectivity index (χ4n) is 3.67. The van der Waals surface area contributed by atoms with Crippen molar-refractivity contribution in [3.63, 3.8) is 0 Å². The maximum absolute atomic E-state index is 11.7. The number of nitrogens with one attached hydrogen (secondary N) is 1. The number of anilines is 1. The Morgan fingerprint density at radius 1 is 1.21 bits per heavy atom. The van der Waals surface area contributed by atoms with E-state index in [0.29, 0.717) is 30.9 Å². The Bertz CT molecular complexity index is 960. The monoisotopic (exact) mass is 412 g/mol. The predicted octanol–water partition coefficient (Wildman–Crippen LogP) is 2.72. The summed E-state index contributed by atoms with van der Waals surface area (Å²) in [5, 5.41) is 11.0. The summed E-state index contributed by atoms with van der Waals surface area (Å²) in [4.78, 5) is 36.5. The molecule has 0 saturated carbocycles. The van der Waals surface area contributed by atoms with E-state index in [1.54, 1.807) is 12.1 Å². The van der Waals surface area contributed by atoms with Gasteiger partial charge in [-0.15, -0.1) is 0 Å². The molecule has 0 aromatic heterocycles. The fraction of sp³-hybridized carbons (Fsp3) is 0.286. The van der Waals surface area contributed by atoms with Gasteiger partial charge in [-0.1, -0.05) is 36.0 Å². The van der Waals surface area contributed by atoms with Gasteiger partial charge in [-0.2, -0.15) is 0 Å². The molecule has 8 heteroatoms. The zero-order valence-electron chi connectivity index (χ0n) is 15.6. The molecule has 0 radical (unpaired) electrons. The van der Waals surface area contributed by atoms with Crippen molar-refractivity contribution in [1.82, 2.24) is 5.32 Å². The van der Waals surface area contributed by atoms with Crippen LogP contribution >= 0.6 is 11.8 Å². The number of aromatic carboxylic acids is 1. The lowest BCUT2D eigenvalue weighted by atomic mass is 10.1. The molecule has 2 aliphatic heterocycles. The Kier molecular flexibility index (Phi) is 5.44. The molecule has 1 fully saturated rings. The van der Waals surface area contributed by atoms with Crippen LogP contribution in [-0.4, -0.2) is 47.2 Å². The van der Waals surface area contributed by atoms with Gasteiger partial charge in [-0.25, -0.2) is 4.79 Å². The molecule has 2 N–H and O–H groups in total. The van der Waals surface area contributed by atoms with Crippen LogP contribution in [0.1, 0.15) is 21.5 Å². The number of carboxylic acid groups (broad SMARTS) is 1. The average Bonchev–Trinajstić information content (AvgIpc) is 3.25. The number of carbonyl (C=O) groups excluding carboxylic acids is 2. The number of ether oxygens (including phenoxy) is 1. The topological polar surface area (TPSA) is 95.9 Å². The number of hydrogen-bond acceptors (Lipinski definition) is 6. The average molecular weight is 412 g/mol. The first-order valence-electron chi connectivity index (χ1n) is 9.34. The molecule has 150 valence electrons. The lowest BCUT2D eigenvalue weighted by Gasteiger charge is -2.21. The number of benzene rings is 2. The van der Waals surface area contributed by atoms with Gasteiger partial charge in [0.15, 0.2) is 0 Å². The molecule has 2 aliphatic rings. The zero-order valence-corrected chi connectivity index (χ0v) is 16.4. The van der Waals surface area contributed by atoms with E-state index in [0.717, 1.165) is 41.5 Å². The van der Waals surface area contributed by atoms with Crippen molar-refractivity contribution in [1.29, 1.82) is 0 Å². The lowest BCUT2D eigenvalue weighted by Crippen LogP contribution is -2.27. The van der Waals surface area contributed by atoms with Crippen LogP contribution in [0.15, 0.2) is 42.5 Å². The molecular formula is C21H20N2O5S. The first-order chi connectivity index (χ1) is 14.0. The van der Waals surface area contributed by atoms with Crippen molar-refractivity contribution in [2.24, 2.45) is 0 Å². The second kappa shape index (κ2) is 8.16. The first kappa shape index (κ1) is 19.3. The van der Waals surface area contributed by atoms with Crippen molar-refractivity contribution in [3.05, 3.63) is 59.2 Å². The molecule has 2 aromatic rings. The number of imide groups is 1. The van der Waals surface area contributed by atoms with Crippen LogP contribution in [0, 0.1) is 0 Å². The number of carbonyl (C=O) groups is 3. The summed E-state index contributed by atoms with van der Waals surface area (Å²) < 4.78 is 5.82. The maximum Gasteiger partial charge on any atom is 0.337 e. The smallest absolute Gasteiger partial charge is 0.337 e. The summed E-state index contributed by atoms with van der Waals surface area (Å²) in [6.07, 6.45) is 1.32. The van der Waals surface area contributed by atoms with Crippen molar-refractivity contribution >= 4 is 34.6 Å². The van der Waals surface area contributed by atoms with Crippen LogP contribution in [0.2, 0.25) is 0 Å². The third-order valence-corrected chi connectivity index (χ3v) is 6.04. The molecule has 2 amide bonds. The van der Waals surface area contributed by atoms with Gasteiger partial charge in [0.05, 0.1) is 23.0 Å². The van der Waals surface area contributed by atoms with E-state index < -0.39 is 5.97 Å². The molecule has 2 heterocycles. The number of thioether (sulfide) groups is 1. The largest absolute Gasteiger partial charge is 0.492 e. The van der Waals surface area contributed by atoms with Gasteiger partial charge in [-0.05, 0) is 42.2 Å². The molecule has 0 spiro atoms. The summed E-state index contributed by atoms with van der Waals surface area (Å²) in [6, 6.07) is 12.9. The Balaban J connectivity index is 1.32. The minimum atomic E-state index is -0.916. The van der Waals surface area contributed by atoms with Crippen LogP contribution in [0.25, 0.3) is 0 Å². The van der Waals surface area contributed by atoms with Crippen LogP contribution in [0.4, 0.5) is 10.5 Å². The number of hydrogen-bond donors (Lipinski definition) is 2. The highest BCUT2D eigenvalue weighted by Crippen LogP contribution is 2.31. The van der Waals surface area contributed by atoms with Crippen molar-refractivity contribution < 1.29 is 24.2 Å². The number of rotatable bonds is 7. The van der Waals surface area contributed by atoms with Gasteiger partial charge in [0.2, 0.25) is 5.91 Å². The first-order valence-corrected chi connectivity index (χ1v) is 10.2. The number of para-hydroxylation sites is 1. The van der Waals surface area contributed by atoms with E-state index >= 15 is 0 Å². The van der Waals surface area contributed by atoms with Gasteiger partial charge in [0.1, 0.15) is 12.4 Å². The van der Waals surface area contributed by atoms with Crippen molar-refractivity contribution in [2.45, 2.75) is 18.1 Å². The fourth-order valence-corrected chi connectivity index (χ4v) is 4.53. The molecule has 1 unspecified atom stereocenters. The van der Waals surface area contributed by atoms with E-state index in [9.17, 15) is 19.5 Å². The summed E-state index contributed by atoms with van der Waals surface area (Å²) in [5.74, 6) is -0.452. The van der Waals surface area contributed by atoms with Crippen LogP contribution in [0.3, 0.4) is 0 Å². The maximum atomic E-state index is 11.7. The number of amides is 2. The molecule has 4 rings (SSSR count). The summed E-state index contributed by atoms with van der Waals surface area (Å²) in [7, 11) is 0. The third kappa shape index (κ3) is 4.22. The number of carboxylic acids is 1. The highest BCUT2D eigenvalue weighted by atomic mass is 32.2. The molecule has 29 heavy (non-hydrogen) atoms. The molecule has 1 atom stereocenters. The van der Waals surface area contributed by atoms with Crippen molar-refractivity contribution in [2.75, 3.05) is 24.6 Å². The highest BCUT2D eigenvalue weighted by Gasteiger charge is 2.31. The standard InChI is InChI=1S/C21H20N2O5S/c24-19-17(29-21(27)22-19)12-13-4-6-15(7-5-13)28-11-10-23-9-8-14-2-1-3-16(18(14)23)20(25)26/h1-7,17H,8-12H2,(H,25,26)(H,22,24,27). The quantitative estimate of drug-likeness (QED) is 0.722. The van der Waals surface area contributed by atoms with E-state index in [2.05, 4.69) is 10.2 Å². The SMILES string of the molecule is O=C1NC(=O)C(Cc2ccc(OCCN3CCc4cccc(C(=O)O)c43)cc2)S1. The molecule has 0 aliphatic carbocycles. The van der Waals surface area contributed by atoms with Crippen LogP contribution < -0.4 is 15.0 Å².